The molecule has 3 nitrogen and oxygen atoms in total. The summed E-state index contributed by atoms with van der Waals surface area (Å²) < 4.78 is 0. The molecule has 0 aromatic heterocycles. The van der Waals surface area contributed by atoms with Crippen molar-refractivity contribution in [3.8, 4) is 0 Å². The number of thioether (sulfide) groups is 1. The van der Waals surface area contributed by atoms with E-state index in [-0.39, 0.29) is 5.24 Å². The third-order valence-electron chi connectivity index (χ3n) is 2.69. The first kappa shape index (κ1) is 12.6. The average Bonchev–Trinajstić information content (AvgIpc) is 2.70. The summed E-state index contributed by atoms with van der Waals surface area (Å²) in [5.74, 6) is 0.635. The second-order valence-electron chi connectivity index (χ2n) is 3.92. The topological polar surface area (TPSA) is 41.5 Å². The summed E-state index contributed by atoms with van der Waals surface area (Å²) in [5.41, 5.74) is 3.34. The number of aryl methyl sites for hydroxylation is 1. The lowest BCUT2D eigenvalue weighted by Gasteiger charge is -2.02. The first-order valence-corrected chi connectivity index (χ1v) is 6.36. The zero-order valence-corrected chi connectivity index (χ0v) is 11.2. The Balaban J connectivity index is 2.36. The minimum atomic E-state index is -0.0821. The molecule has 92 valence electrons. The molecule has 0 atom stereocenters. The van der Waals surface area contributed by atoms with Crippen LogP contribution in [-0.2, 0) is 0 Å². The molecule has 1 fully saturated rings. The maximum Gasteiger partial charge on any atom is 0.289 e. The molecule has 1 aliphatic rings. The van der Waals surface area contributed by atoms with Crippen molar-refractivity contribution in [1.29, 1.82) is 0 Å². The molecule has 18 heavy (non-hydrogen) atoms. The van der Waals surface area contributed by atoms with Crippen molar-refractivity contribution in [3.05, 3.63) is 46.4 Å². The Morgan fingerprint density at radius 3 is 2.83 bits per heavy atom. The Bertz CT molecular complexity index is 573. The molecule has 0 aliphatic carbocycles. The van der Waals surface area contributed by atoms with Crippen molar-refractivity contribution >= 4 is 35.0 Å². The third-order valence-corrected chi connectivity index (χ3v) is 3.51. The van der Waals surface area contributed by atoms with Crippen LogP contribution in [0.25, 0.3) is 12.2 Å². The van der Waals surface area contributed by atoms with Gasteiger partial charge in [-0.25, -0.2) is 0 Å². The summed E-state index contributed by atoms with van der Waals surface area (Å²) >= 11 is 1.17. The van der Waals surface area contributed by atoms with E-state index in [1.54, 1.807) is 7.05 Å². The van der Waals surface area contributed by atoms with Gasteiger partial charge >= 0.3 is 0 Å². The largest absolute Gasteiger partial charge is 0.300 e. The van der Waals surface area contributed by atoms with Crippen molar-refractivity contribution < 1.29 is 4.79 Å². The highest BCUT2D eigenvalue weighted by atomic mass is 32.2. The van der Waals surface area contributed by atoms with Gasteiger partial charge in [-0.15, -0.1) is 0 Å². The van der Waals surface area contributed by atoms with E-state index in [1.807, 2.05) is 31.2 Å². The molecule has 1 heterocycles. The highest BCUT2D eigenvalue weighted by molar-refractivity contribution is 8.18. The van der Waals surface area contributed by atoms with Crippen molar-refractivity contribution in [2.45, 2.75) is 6.92 Å². The number of amidine groups is 1. The molecule has 0 spiro atoms. The summed E-state index contributed by atoms with van der Waals surface area (Å²) in [5, 5.41) is 2.62. The highest BCUT2D eigenvalue weighted by Gasteiger charge is 2.22. The van der Waals surface area contributed by atoms with Gasteiger partial charge in [0.1, 0.15) is 5.84 Å². The highest BCUT2D eigenvalue weighted by Crippen LogP contribution is 2.27. The van der Waals surface area contributed by atoms with Crippen molar-refractivity contribution in [2.24, 2.45) is 4.99 Å². The fourth-order valence-corrected chi connectivity index (χ4v) is 2.55. The van der Waals surface area contributed by atoms with Gasteiger partial charge in [0.15, 0.2) is 0 Å². The minimum Gasteiger partial charge on any atom is -0.300 e. The zero-order valence-electron chi connectivity index (χ0n) is 10.4. The van der Waals surface area contributed by atoms with Crippen LogP contribution in [0.4, 0.5) is 4.79 Å². The summed E-state index contributed by atoms with van der Waals surface area (Å²) in [7, 11) is 1.67. The molecule has 0 saturated carbocycles. The maximum absolute atomic E-state index is 11.3. The maximum atomic E-state index is 11.3. The smallest absolute Gasteiger partial charge is 0.289 e. The van der Waals surface area contributed by atoms with E-state index in [0.717, 1.165) is 21.6 Å². The van der Waals surface area contributed by atoms with Crippen molar-refractivity contribution in [1.82, 2.24) is 5.32 Å². The molecule has 2 rings (SSSR count). The molecule has 1 amide bonds. The molecule has 1 aliphatic heterocycles. The first-order valence-electron chi connectivity index (χ1n) is 5.55. The molecule has 1 aromatic carbocycles. The number of carbonyl (C=O) groups is 1. The number of aliphatic imine (C=N–C) groups is 1. The normalized spacial score (nSPS) is 19.3. The van der Waals surface area contributed by atoms with Gasteiger partial charge in [0.25, 0.3) is 5.24 Å². The lowest BCUT2D eigenvalue weighted by Crippen LogP contribution is -2.18. The number of hydrogen-bond donors (Lipinski definition) is 1. The Morgan fingerprint density at radius 2 is 2.22 bits per heavy atom. The van der Waals surface area contributed by atoms with Crippen molar-refractivity contribution in [2.75, 3.05) is 7.05 Å². The van der Waals surface area contributed by atoms with Gasteiger partial charge in [0.2, 0.25) is 0 Å². The van der Waals surface area contributed by atoms with Crippen LogP contribution in [0, 0.1) is 6.92 Å². The number of nitrogens with zero attached hydrogens (tertiary/aromatic N) is 1. The van der Waals surface area contributed by atoms with Crippen LogP contribution in [0.2, 0.25) is 0 Å². The van der Waals surface area contributed by atoms with E-state index in [1.165, 1.54) is 11.8 Å². The van der Waals surface area contributed by atoms with E-state index in [2.05, 4.69) is 23.0 Å². The van der Waals surface area contributed by atoms with Crippen LogP contribution in [0.3, 0.4) is 0 Å². The standard InChI is InChI=1S/C14H14N2OS/c1-4-11-6-5-10(7-9(11)2)8-12-13(15-3)16-14(17)18-12/h4-8H,1H2,2-3H3,(H,15,16,17)/b12-8-. The van der Waals surface area contributed by atoms with Crippen LogP contribution >= 0.6 is 11.8 Å². The van der Waals surface area contributed by atoms with Crippen LogP contribution in [0.15, 0.2) is 34.7 Å². The van der Waals surface area contributed by atoms with Gasteiger partial charge in [0.05, 0.1) is 4.91 Å². The fourth-order valence-electron chi connectivity index (χ4n) is 1.76. The van der Waals surface area contributed by atoms with E-state index in [9.17, 15) is 4.79 Å². The van der Waals surface area contributed by atoms with Gasteiger partial charge in [-0.3, -0.25) is 9.79 Å². The van der Waals surface area contributed by atoms with Crippen LogP contribution in [0.5, 0.6) is 0 Å². The van der Waals surface area contributed by atoms with Crippen LogP contribution in [0.1, 0.15) is 16.7 Å². The zero-order chi connectivity index (χ0) is 13.1. The van der Waals surface area contributed by atoms with E-state index in [4.69, 9.17) is 0 Å². The Labute approximate surface area is 111 Å². The summed E-state index contributed by atoms with van der Waals surface area (Å²) in [6.45, 7) is 5.81. The SMILES string of the molecule is C=Cc1ccc(/C=C2\SC(=O)NC2=NC)cc1C. The Kier molecular flexibility index (Phi) is 3.67. The van der Waals surface area contributed by atoms with E-state index in [0.29, 0.717) is 5.84 Å². The lowest BCUT2D eigenvalue weighted by atomic mass is 10.0. The third kappa shape index (κ3) is 2.54. The number of hydrogen-bond acceptors (Lipinski definition) is 3. The lowest BCUT2D eigenvalue weighted by molar-refractivity contribution is 0.265. The number of amides is 1. The number of nitrogens with one attached hydrogen (secondary N) is 1. The number of benzene rings is 1. The predicted octanol–water partition coefficient (Wildman–Crippen LogP) is 3.46. The molecule has 0 radical (unpaired) electrons. The molecule has 1 saturated heterocycles. The van der Waals surface area contributed by atoms with Gasteiger partial charge in [0, 0.05) is 7.05 Å². The molecular weight excluding hydrogens is 244 g/mol. The molecule has 1 N–H and O–H groups in total. The second kappa shape index (κ2) is 5.23. The van der Waals surface area contributed by atoms with Crippen LogP contribution < -0.4 is 5.32 Å². The molecular formula is C14H14N2OS. The quantitative estimate of drug-likeness (QED) is 0.882. The fraction of sp³-hybridized carbons (Fsp3) is 0.143. The van der Waals surface area contributed by atoms with Crippen molar-refractivity contribution in [3.63, 3.8) is 0 Å². The van der Waals surface area contributed by atoms with E-state index >= 15 is 0 Å². The molecule has 4 heteroatoms. The van der Waals surface area contributed by atoms with E-state index < -0.39 is 0 Å². The number of carbonyl (C=O) groups excluding carboxylic acids is 1. The van der Waals surface area contributed by atoms with Gasteiger partial charge in [-0.05, 0) is 41.5 Å². The van der Waals surface area contributed by atoms with Gasteiger partial charge < -0.3 is 5.32 Å². The Hall–Kier alpha value is -1.81. The minimum absolute atomic E-state index is 0.0821. The first-order chi connectivity index (χ1) is 8.63. The molecule has 1 aromatic rings. The van der Waals surface area contributed by atoms with Gasteiger partial charge in [-0.1, -0.05) is 30.9 Å². The summed E-state index contributed by atoms with van der Waals surface area (Å²) in [6, 6.07) is 6.10. The molecule has 0 unspecified atom stereocenters. The Morgan fingerprint density at radius 1 is 1.44 bits per heavy atom. The molecule has 0 bridgehead atoms. The second-order valence-corrected chi connectivity index (χ2v) is 4.93. The summed E-state index contributed by atoms with van der Waals surface area (Å²) in [4.78, 5) is 16.2. The summed E-state index contributed by atoms with van der Waals surface area (Å²) in [6.07, 6.45) is 3.80. The predicted molar refractivity (Wildman–Crippen MR) is 78.7 cm³/mol. The van der Waals surface area contributed by atoms with Gasteiger partial charge in [-0.2, -0.15) is 0 Å². The van der Waals surface area contributed by atoms with Crippen LogP contribution in [-0.4, -0.2) is 18.1 Å². The average molecular weight is 258 g/mol. The number of rotatable bonds is 2. The monoisotopic (exact) mass is 258 g/mol.